The van der Waals surface area contributed by atoms with Crippen molar-refractivity contribution in [1.29, 1.82) is 0 Å². The highest BCUT2D eigenvalue weighted by atomic mass is 16.6. The van der Waals surface area contributed by atoms with Crippen molar-refractivity contribution in [1.82, 2.24) is 9.91 Å². The first kappa shape index (κ1) is 34.8. The third-order valence-electron chi connectivity index (χ3n) is 8.63. The minimum Gasteiger partial charge on any atom is -0.510 e. The van der Waals surface area contributed by atoms with Crippen LogP contribution in [0.1, 0.15) is 28.1 Å². The van der Waals surface area contributed by atoms with Crippen molar-refractivity contribution in [3.63, 3.8) is 0 Å². The van der Waals surface area contributed by atoms with Gasteiger partial charge in [-0.3, -0.25) is 39.5 Å². The van der Waals surface area contributed by atoms with Crippen LogP contribution in [0.5, 0.6) is 5.75 Å². The molecular weight excluding hydrogens is 670 g/mol. The maximum atomic E-state index is 13.3. The summed E-state index contributed by atoms with van der Waals surface area (Å²) in [4.78, 5) is 74.5. The van der Waals surface area contributed by atoms with Gasteiger partial charge in [-0.2, -0.15) is 10.1 Å². The summed E-state index contributed by atoms with van der Waals surface area (Å²) in [7, 11) is 3.02. The Morgan fingerprint density at radius 1 is 1.12 bits per heavy atom. The zero-order valence-corrected chi connectivity index (χ0v) is 25.9. The molecule has 3 amide bonds. The van der Waals surface area contributed by atoms with E-state index in [9.17, 15) is 59.8 Å². The van der Waals surface area contributed by atoms with E-state index in [1.54, 1.807) is 0 Å². The number of aliphatic imine (C=N–C) groups is 1. The smallest absolute Gasteiger partial charge is 0.433 e. The van der Waals surface area contributed by atoms with Crippen LogP contribution in [0.3, 0.4) is 0 Å². The number of furan rings is 1. The summed E-state index contributed by atoms with van der Waals surface area (Å²) in [6, 6.07) is 2.71. The number of Topliss-reactive ketones (excluding diaryl/α,β-unsaturated/α-hetero) is 2. The number of nitro benzene ring substituents is 1. The Morgan fingerprint density at radius 2 is 1.80 bits per heavy atom. The fourth-order valence-corrected chi connectivity index (χ4v) is 6.54. The summed E-state index contributed by atoms with van der Waals surface area (Å²) in [6.45, 7) is -0.127. The number of aliphatic hydroxyl groups is 4. The fraction of sp³-hybridized carbons (Fsp3) is 0.310. The van der Waals surface area contributed by atoms with Gasteiger partial charge in [0.2, 0.25) is 11.7 Å². The Hall–Kier alpha value is -6.48. The number of nitro groups is 2. The summed E-state index contributed by atoms with van der Waals surface area (Å²) >= 11 is 0. The predicted molar refractivity (Wildman–Crippen MR) is 165 cm³/mol. The number of hydrogen-bond donors (Lipinski definition) is 6. The SMILES string of the molecule is CN(C)[C@@H]1C(O)=C(C(N)=O)C(=O)[C@@]2(O)C(O)=C3C(=O)c4c(O)ccc([N+](=O)[O-])c4C[C@H]3C[C@@H]12.O=C1N=C(O)CN1/N=C/c1ccc([N+](=O)[O-])o1. The van der Waals surface area contributed by atoms with E-state index in [1.807, 2.05) is 0 Å². The van der Waals surface area contributed by atoms with Crippen molar-refractivity contribution in [2.75, 3.05) is 20.6 Å². The molecule has 4 atom stereocenters. The monoisotopic (exact) mass is 697 g/mol. The molecule has 1 aromatic carbocycles. The normalized spacial score (nSPS) is 24.5. The van der Waals surface area contributed by atoms with Crippen molar-refractivity contribution in [2.45, 2.75) is 24.5 Å². The number of aromatic hydroxyl groups is 1. The lowest BCUT2D eigenvalue weighted by Gasteiger charge is -2.50. The van der Waals surface area contributed by atoms with Gasteiger partial charge in [0.05, 0.1) is 28.8 Å². The number of aliphatic hydroxyl groups excluding tert-OH is 3. The van der Waals surface area contributed by atoms with E-state index in [0.29, 0.717) is 0 Å². The minimum absolute atomic E-state index is 0.0295. The average Bonchev–Trinajstić information content (AvgIpc) is 3.63. The molecule has 21 heteroatoms. The molecule has 7 N–H and O–H groups in total. The topological polar surface area (TPSA) is 326 Å². The van der Waals surface area contributed by atoms with Gasteiger partial charge >= 0.3 is 11.9 Å². The van der Waals surface area contributed by atoms with Crippen molar-refractivity contribution in [2.24, 2.45) is 27.7 Å². The molecule has 2 heterocycles. The lowest BCUT2D eigenvalue weighted by Crippen LogP contribution is -2.63. The standard InChI is InChI=1S/C21H21N3O9.C8H6N4O5/c1-23(2)15-9-6-7-5-8-10(24(32)33)3-4-11(25)13(8)16(26)12(7)18(28)21(9,31)19(29)14(17(15)27)20(22)30;13-6-4-11(8(14)10-6)9-3-5-1-2-7(17-5)12(15)16/h3-4,7,9,15,25,27-28,31H,5-6H2,1-2H3,(H2,22,30);1-3H,4H2,(H,10,13,14)/b;9-3+/t7-,9-,15-,21-;/m0./s1. The molecule has 0 bridgehead atoms. The third kappa shape index (κ3) is 5.58. The summed E-state index contributed by atoms with van der Waals surface area (Å²) < 4.78 is 4.78. The molecule has 0 fully saturated rings. The molecule has 1 aromatic heterocycles. The molecular formula is C29H27N7O14. The Bertz CT molecular complexity index is 2010. The number of ketones is 2. The fourth-order valence-electron chi connectivity index (χ4n) is 6.54. The lowest BCUT2D eigenvalue weighted by atomic mass is 9.58. The highest BCUT2D eigenvalue weighted by molar-refractivity contribution is 6.24. The Morgan fingerprint density at radius 3 is 2.34 bits per heavy atom. The van der Waals surface area contributed by atoms with Crippen LogP contribution >= 0.6 is 0 Å². The number of benzene rings is 1. The quantitative estimate of drug-likeness (QED) is 0.106. The van der Waals surface area contributed by atoms with Gasteiger partial charge in [-0.05, 0) is 45.0 Å². The van der Waals surface area contributed by atoms with Crippen LogP contribution in [-0.4, -0.2) is 113 Å². The van der Waals surface area contributed by atoms with E-state index in [1.165, 1.54) is 31.1 Å². The zero-order chi connectivity index (χ0) is 37.0. The van der Waals surface area contributed by atoms with Crippen molar-refractivity contribution in [3.8, 4) is 5.75 Å². The number of phenolic OH excluding ortho intramolecular Hbond substituents is 1. The predicted octanol–water partition coefficient (Wildman–Crippen LogP) is 0.943. The largest absolute Gasteiger partial charge is 0.510 e. The van der Waals surface area contributed by atoms with Gasteiger partial charge in [0.1, 0.15) is 34.3 Å². The van der Waals surface area contributed by atoms with Crippen LogP contribution in [0, 0.1) is 32.1 Å². The van der Waals surface area contributed by atoms with Crippen LogP contribution in [0.4, 0.5) is 16.4 Å². The van der Waals surface area contributed by atoms with E-state index < -0.39 is 96.8 Å². The number of rotatable bonds is 6. The Labute approximate surface area is 278 Å². The van der Waals surface area contributed by atoms with E-state index in [2.05, 4.69) is 10.1 Å². The summed E-state index contributed by atoms with van der Waals surface area (Å²) in [5.41, 5.74) is 0.417. The highest BCUT2D eigenvalue weighted by Gasteiger charge is 2.63. The van der Waals surface area contributed by atoms with Crippen LogP contribution in [0.25, 0.3) is 0 Å². The Balaban J connectivity index is 0.000000240. The second-order valence-electron chi connectivity index (χ2n) is 11.7. The number of amides is 3. The molecule has 50 heavy (non-hydrogen) atoms. The molecule has 2 aromatic rings. The van der Waals surface area contributed by atoms with E-state index in [-0.39, 0.29) is 42.2 Å². The molecule has 1 aliphatic heterocycles. The van der Waals surface area contributed by atoms with Gasteiger partial charge < -0.3 is 35.7 Å². The molecule has 3 aliphatic carbocycles. The highest BCUT2D eigenvalue weighted by Crippen LogP contribution is 2.53. The summed E-state index contributed by atoms with van der Waals surface area (Å²) in [5, 5.41) is 78.7. The number of fused-ring (bicyclic) bond motifs is 3. The zero-order valence-electron chi connectivity index (χ0n) is 25.9. The number of carbonyl (C=O) groups is 4. The Kier molecular flexibility index (Phi) is 8.72. The van der Waals surface area contributed by atoms with E-state index in [4.69, 9.17) is 15.3 Å². The lowest BCUT2D eigenvalue weighted by molar-refractivity contribution is -0.402. The number of urea groups is 1. The minimum atomic E-state index is -2.75. The maximum Gasteiger partial charge on any atom is 0.433 e. The number of hydrazone groups is 1. The van der Waals surface area contributed by atoms with Gasteiger partial charge in [-0.1, -0.05) is 0 Å². The molecule has 6 rings (SSSR count). The number of primary amides is 1. The first-order valence-electron chi connectivity index (χ1n) is 14.4. The van der Waals surface area contributed by atoms with Crippen molar-refractivity contribution in [3.05, 3.63) is 84.0 Å². The number of allylic oxidation sites excluding steroid dienone is 1. The third-order valence-corrected chi connectivity index (χ3v) is 8.63. The van der Waals surface area contributed by atoms with Crippen molar-refractivity contribution >= 4 is 47.2 Å². The number of nitrogens with zero attached hydrogens (tertiary/aromatic N) is 6. The number of nitrogens with two attached hydrogens (primary N) is 1. The molecule has 0 saturated heterocycles. The van der Waals surface area contributed by atoms with Gasteiger partial charge in [-0.15, -0.1) is 0 Å². The maximum absolute atomic E-state index is 13.3. The van der Waals surface area contributed by atoms with E-state index in [0.717, 1.165) is 23.4 Å². The number of carbonyl (C=O) groups excluding carboxylic acids is 4. The number of hydrogen-bond acceptors (Lipinski definition) is 15. The van der Waals surface area contributed by atoms with Crippen LogP contribution < -0.4 is 5.73 Å². The van der Waals surface area contributed by atoms with Gasteiger partial charge in [0, 0.05) is 23.1 Å². The molecule has 0 saturated carbocycles. The van der Waals surface area contributed by atoms with Crippen LogP contribution in [-0.2, 0) is 16.0 Å². The molecule has 0 unspecified atom stereocenters. The number of likely N-dealkylation sites (N-methyl/N-ethyl adjacent to an activating group) is 1. The second kappa shape index (κ2) is 12.5. The van der Waals surface area contributed by atoms with Gasteiger partial charge in [0.15, 0.2) is 17.1 Å². The molecule has 0 radical (unpaired) electrons. The first-order chi connectivity index (χ1) is 23.4. The molecule has 21 nitrogen and oxygen atoms in total. The molecule has 0 spiro atoms. The van der Waals surface area contributed by atoms with Gasteiger partial charge in [0.25, 0.3) is 11.6 Å². The second-order valence-corrected chi connectivity index (χ2v) is 11.7. The first-order valence-corrected chi connectivity index (χ1v) is 14.4. The summed E-state index contributed by atoms with van der Waals surface area (Å²) in [6.07, 6.45) is 0.844. The molecule has 262 valence electrons. The van der Waals surface area contributed by atoms with Crippen molar-refractivity contribution < 1.29 is 59.0 Å². The average molecular weight is 698 g/mol. The van der Waals surface area contributed by atoms with E-state index >= 15 is 0 Å². The molecule has 4 aliphatic rings. The number of phenols is 1. The van der Waals surface area contributed by atoms with Crippen LogP contribution in [0.15, 0.2) is 61.4 Å². The van der Waals surface area contributed by atoms with Crippen LogP contribution in [0.2, 0.25) is 0 Å². The van der Waals surface area contributed by atoms with Gasteiger partial charge in [-0.25, -0.2) is 9.80 Å². The summed E-state index contributed by atoms with van der Waals surface area (Å²) in [5.74, 6) is -8.58.